The molecule has 1 aliphatic carbocycles. The number of piperazine rings is 1. The lowest BCUT2D eigenvalue weighted by Crippen LogP contribution is -2.48. The molecule has 1 saturated carbocycles. The Bertz CT molecular complexity index is 861. The second-order valence-corrected chi connectivity index (χ2v) is 8.74. The Morgan fingerprint density at radius 3 is 2.50 bits per heavy atom. The van der Waals surface area contributed by atoms with Gasteiger partial charge in [-0.1, -0.05) is 30.3 Å². The highest BCUT2D eigenvalue weighted by atomic mass is 16.1. The van der Waals surface area contributed by atoms with E-state index in [0.717, 1.165) is 51.4 Å². The fourth-order valence-corrected chi connectivity index (χ4v) is 4.21. The first-order valence-corrected chi connectivity index (χ1v) is 10.9. The predicted octanol–water partition coefficient (Wildman–Crippen LogP) is 2.24. The molecule has 0 spiro atoms. The summed E-state index contributed by atoms with van der Waals surface area (Å²) in [5.41, 5.74) is 9.99. The number of nitrogens with two attached hydrogens (primary N) is 1. The summed E-state index contributed by atoms with van der Waals surface area (Å²) < 4.78 is 0. The molecule has 3 N–H and O–H groups in total. The summed E-state index contributed by atoms with van der Waals surface area (Å²) >= 11 is 0. The number of hydrogen-bond donors (Lipinski definition) is 2. The van der Waals surface area contributed by atoms with Gasteiger partial charge >= 0.3 is 0 Å². The van der Waals surface area contributed by atoms with Crippen LogP contribution in [0.2, 0.25) is 0 Å². The molecule has 2 atom stereocenters. The summed E-state index contributed by atoms with van der Waals surface area (Å²) in [6, 6.07) is 16.3. The molecule has 1 amide bonds. The molecule has 1 heterocycles. The van der Waals surface area contributed by atoms with Gasteiger partial charge in [0, 0.05) is 56.8 Å². The van der Waals surface area contributed by atoms with Crippen LogP contribution >= 0.6 is 0 Å². The Hall–Kier alpha value is -2.57. The number of nitrogen functional groups attached to an aromatic ring is 1. The fourth-order valence-electron chi connectivity index (χ4n) is 4.21. The fraction of sp³-hybridized carbons (Fsp3) is 0.458. The van der Waals surface area contributed by atoms with Gasteiger partial charge in [-0.3, -0.25) is 9.69 Å². The first kappa shape index (κ1) is 20.7. The Morgan fingerprint density at radius 2 is 1.83 bits per heavy atom. The predicted molar refractivity (Wildman–Crippen MR) is 123 cm³/mol. The van der Waals surface area contributed by atoms with Crippen molar-refractivity contribution in [1.29, 1.82) is 0 Å². The van der Waals surface area contributed by atoms with E-state index >= 15 is 0 Å². The van der Waals surface area contributed by atoms with Crippen molar-refractivity contribution in [3.05, 3.63) is 59.7 Å². The SMILES string of the molecule is CN(C)CCN1CCN(c2ccc(C(=O)NC3CC3c3ccccc3)cc2N)CC1. The molecular weight excluding hydrogens is 374 g/mol. The highest BCUT2D eigenvalue weighted by Gasteiger charge is 2.39. The number of hydrogen-bond acceptors (Lipinski definition) is 5. The van der Waals surface area contributed by atoms with Crippen molar-refractivity contribution in [1.82, 2.24) is 15.1 Å². The Balaban J connectivity index is 1.31. The van der Waals surface area contributed by atoms with Gasteiger partial charge in [0.25, 0.3) is 5.91 Å². The molecule has 2 aromatic carbocycles. The first-order chi connectivity index (χ1) is 14.5. The van der Waals surface area contributed by atoms with Gasteiger partial charge in [0.2, 0.25) is 0 Å². The molecule has 160 valence electrons. The van der Waals surface area contributed by atoms with Crippen LogP contribution in [0, 0.1) is 0 Å². The molecule has 2 fully saturated rings. The topological polar surface area (TPSA) is 64.8 Å². The second kappa shape index (κ2) is 9.06. The minimum Gasteiger partial charge on any atom is -0.397 e. The summed E-state index contributed by atoms with van der Waals surface area (Å²) in [5, 5.41) is 3.16. The Morgan fingerprint density at radius 1 is 1.10 bits per heavy atom. The van der Waals surface area contributed by atoms with Crippen molar-refractivity contribution < 1.29 is 4.79 Å². The maximum atomic E-state index is 12.7. The van der Waals surface area contributed by atoms with E-state index in [2.05, 4.69) is 46.2 Å². The normalized spacial score (nSPS) is 21.6. The van der Waals surface area contributed by atoms with E-state index in [1.54, 1.807) is 0 Å². The van der Waals surface area contributed by atoms with Crippen LogP contribution < -0.4 is 16.0 Å². The molecule has 30 heavy (non-hydrogen) atoms. The van der Waals surface area contributed by atoms with Gasteiger partial charge in [0.05, 0.1) is 11.4 Å². The molecule has 0 bridgehead atoms. The molecule has 4 rings (SSSR count). The summed E-state index contributed by atoms with van der Waals surface area (Å²) in [6.07, 6.45) is 1.00. The standard InChI is InChI=1S/C24H33N5O/c1-27(2)10-11-28-12-14-29(15-13-28)23-9-8-19(16-21(23)25)24(30)26-22-17-20(22)18-6-4-3-5-7-18/h3-9,16,20,22H,10-15,17,25H2,1-2H3,(H,26,30). The number of rotatable bonds is 7. The molecule has 6 nitrogen and oxygen atoms in total. The molecule has 0 aromatic heterocycles. The molecule has 0 radical (unpaired) electrons. The minimum atomic E-state index is -0.0369. The second-order valence-electron chi connectivity index (χ2n) is 8.74. The van der Waals surface area contributed by atoms with Gasteiger partial charge in [-0.25, -0.2) is 0 Å². The number of benzene rings is 2. The highest BCUT2D eigenvalue weighted by molar-refractivity contribution is 5.96. The van der Waals surface area contributed by atoms with Gasteiger partial charge in [-0.05, 0) is 44.3 Å². The smallest absolute Gasteiger partial charge is 0.251 e. The third kappa shape index (κ3) is 4.94. The molecule has 6 heteroatoms. The van der Waals surface area contributed by atoms with Gasteiger partial charge in [-0.15, -0.1) is 0 Å². The maximum Gasteiger partial charge on any atom is 0.251 e. The van der Waals surface area contributed by atoms with E-state index in [1.807, 2.05) is 36.4 Å². The van der Waals surface area contributed by atoms with Crippen LogP contribution in [-0.4, -0.2) is 75.1 Å². The van der Waals surface area contributed by atoms with Gasteiger partial charge in [-0.2, -0.15) is 0 Å². The Kier molecular flexibility index (Phi) is 6.25. The van der Waals surface area contributed by atoms with Crippen LogP contribution in [-0.2, 0) is 0 Å². The number of likely N-dealkylation sites (N-methyl/N-ethyl adjacent to an activating group) is 1. The van der Waals surface area contributed by atoms with E-state index < -0.39 is 0 Å². The zero-order valence-electron chi connectivity index (χ0n) is 18.1. The third-order valence-corrected chi connectivity index (χ3v) is 6.20. The van der Waals surface area contributed by atoms with Crippen molar-refractivity contribution in [2.24, 2.45) is 0 Å². The van der Waals surface area contributed by atoms with Crippen molar-refractivity contribution in [3.8, 4) is 0 Å². The molecule has 2 aliphatic rings. The molecule has 2 aromatic rings. The number of nitrogens with zero attached hydrogens (tertiary/aromatic N) is 3. The maximum absolute atomic E-state index is 12.7. The molecule has 1 saturated heterocycles. The van der Waals surface area contributed by atoms with E-state index in [4.69, 9.17) is 5.73 Å². The van der Waals surface area contributed by atoms with Gasteiger partial charge in [0.15, 0.2) is 0 Å². The summed E-state index contributed by atoms with van der Waals surface area (Å²) in [5.74, 6) is 0.390. The number of nitrogens with one attached hydrogen (secondary N) is 1. The largest absolute Gasteiger partial charge is 0.397 e. The average Bonchev–Trinajstić information content (AvgIpc) is 3.52. The molecular formula is C24H33N5O. The number of carbonyl (C=O) groups excluding carboxylic acids is 1. The van der Waals surface area contributed by atoms with Gasteiger partial charge < -0.3 is 20.9 Å². The van der Waals surface area contributed by atoms with Crippen LogP contribution in [0.5, 0.6) is 0 Å². The van der Waals surface area contributed by atoms with E-state index in [0.29, 0.717) is 17.2 Å². The van der Waals surface area contributed by atoms with Crippen molar-refractivity contribution in [3.63, 3.8) is 0 Å². The number of amides is 1. The zero-order valence-corrected chi connectivity index (χ0v) is 18.1. The van der Waals surface area contributed by atoms with Crippen LogP contribution in [0.4, 0.5) is 11.4 Å². The third-order valence-electron chi connectivity index (χ3n) is 6.20. The van der Waals surface area contributed by atoms with Gasteiger partial charge in [0.1, 0.15) is 0 Å². The number of carbonyl (C=O) groups is 1. The summed E-state index contributed by atoms with van der Waals surface area (Å²) in [7, 11) is 4.22. The number of anilines is 2. The van der Waals surface area contributed by atoms with Crippen LogP contribution in [0.15, 0.2) is 48.5 Å². The Labute approximate surface area is 179 Å². The first-order valence-electron chi connectivity index (χ1n) is 10.9. The minimum absolute atomic E-state index is 0.0369. The average molecular weight is 408 g/mol. The van der Waals surface area contributed by atoms with Crippen molar-refractivity contribution in [2.45, 2.75) is 18.4 Å². The lowest BCUT2D eigenvalue weighted by atomic mass is 10.1. The van der Waals surface area contributed by atoms with E-state index in [1.165, 1.54) is 5.56 Å². The van der Waals surface area contributed by atoms with Crippen LogP contribution in [0.25, 0.3) is 0 Å². The van der Waals surface area contributed by atoms with E-state index in [9.17, 15) is 4.79 Å². The van der Waals surface area contributed by atoms with Crippen LogP contribution in [0.1, 0.15) is 28.3 Å². The van der Waals surface area contributed by atoms with Crippen molar-refractivity contribution >= 4 is 17.3 Å². The summed E-state index contributed by atoms with van der Waals surface area (Å²) in [6.45, 7) is 6.18. The molecule has 1 aliphatic heterocycles. The summed E-state index contributed by atoms with van der Waals surface area (Å²) in [4.78, 5) is 19.7. The molecule has 2 unspecified atom stereocenters. The van der Waals surface area contributed by atoms with Crippen molar-refractivity contribution in [2.75, 3.05) is 64.0 Å². The zero-order chi connectivity index (χ0) is 21.1. The van der Waals surface area contributed by atoms with Crippen LogP contribution in [0.3, 0.4) is 0 Å². The highest BCUT2D eigenvalue weighted by Crippen LogP contribution is 2.40. The lowest BCUT2D eigenvalue weighted by molar-refractivity contribution is 0.0950. The lowest BCUT2D eigenvalue weighted by Gasteiger charge is -2.37. The monoisotopic (exact) mass is 407 g/mol. The van der Waals surface area contributed by atoms with E-state index in [-0.39, 0.29) is 11.9 Å². The quantitative estimate of drug-likeness (QED) is 0.689.